The molecule has 0 radical (unpaired) electrons. The number of rotatable bonds is 3. The second kappa shape index (κ2) is 6.29. The number of hydrogen-bond acceptors (Lipinski definition) is 1. The van der Waals surface area contributed by atoms with E-state index in [-0.39, 0.29) is 5.41 Å². The molecule has 0 fully saturated rings. The van der Waals surface area contributed by atoms with E-state index in [2.05, 4.69) is 51.1 Å². The van der Waals surface area contributed by atoms with Gasteiger partial charge in [-0.1, -0.05) is 81.4 Å². The van der Waals surface area contributed by atoms with Crippen LogP contribution >= 0.6 is 0 Å². The Labute approximate surface area is 138 Å². The van der Waals surface area contributed by atoms with E-state index in [1.165, 1.54) is 5.56 Å². The van der Waals surface area contributed by atoms with Crippen molar-refractivity contribution in [2.45, 2.75) is 26.2 Å². The van der Waals surface area contributed by atoms with Crippen LogP contribution in [0.15, 0.2) is 78.9 Å². The average molecular weight is 302 g/mol. The van der Waals surface area contributed by atoms with E-state index in [1.54, 1.807) is 0 Å². The van der Waals surface area contributed by atoms with Crippen molar-refractivity contribution in [2.24, 2.45) is 0 Å². The van der Waals surface area contributed by atoms with Crippen molar-refractivity contribution in [3.63, 3.8) is 0 Å². The summed E-state index contributed by atoms with van der Waals surface area (Å²) in [6.45, 7) is 6.65. The molecule has 0 unspecified atom stereocenters. The molecule has 3 aromatic rings. The van der Waals surface area contributed by atoms with Crippen LogP contribution < -0.4 is 4.74 Å². The predicted molar refractivity (Wildman–Crippen MR) is 97.1 cm³/mol. The Balaban J connectivity index is 1.89. The SMILES string of the molecule is CC(C)(C)c1ccc(Oc2ccccc2-c2ccccc2)cc1. The summed E-state index contributed by atoms with van der Waals surface area (Å²) in [6, 6.07) is 26.8. The molecule has 0 saturated heterocycles. The van der Waals surface area contributed by atoms with Crippen molar-refractivity contribution >= 4 is 0 Å². The van der Waals surface area contributed by atoms with Crippen molar-refractivity contribution in [2.75, 3.05) is 0 Å². The van der Waals surface area contributed by atoms with E-state index >= 15 is 0 Å². The van der Waals surface area contributed by atoms with Gasteiger partial charge in [0.05, 0.1) is 0 Å². The molecule has 116 valence electrons. The van der Waals surface area contributed by atoms with Gasteiger partial charge >= 0.3 is 0 Å². The van der Waals surface area contributed by atoms with Crippen molar-refractivity contribution in [1.29, 1.82) is 0 Å². The van der Waals surface area contributed by atoms with E-state index in [4.69, 9.17) is 4.74 Å². The first kappa shape index (κ1) is 15.4. The number of benzene rings is 3. The number of ether oxygens (including phenoxy) is 1. The third-order valence-electron chi connectivity index (χ3n) is 3.92. The lowest BCUT2D eigenvalue weighted by atomic mass is 9.87. The second-order valence-electron chi connectivity index (χ2n) is 6.74. The summed E-state index contributed by atoms with van der Waals surface area (Å²) in [6.07, 6.45) is 0. The molecular weight excluding hydrogens is 280 g/mol. The maximum Gasteiger partial charge on any atom is 0.135 e. The van der Waals surface area contributed by atoms with Gasteiger partial charge in [0.25, 0.3) is 0 Å². The van der Waals surface area contributed by atoms with Crippen LogP contribution in [0.1, 0.15) is 26.3 Å². The summed E-state index contributed by atoms with van der Waals surface area (Å²) in [7, 11) is 0. The fourth-order valence-corrected chi connectivity index (χ4v) is 2.56. The topological polar surface area (TPSA) is 9.23 Å². The molecule has 0 spiro atoms. The maximum atomic E-state index is 6.13. The number of hydrogen-bond donors (Lipinski definition) is 0. The van der Waals surface area contributed by atoms with Gasteiger partial charge in [0.15, 0.2) is 0 Å². The van der Waals surface area contributed by atoms with Crippen LogP contribution in [0.5, 0.6) is 11.5 Å². The third kappa shape index (κ3) is 3.62. The Morgan fingerprint density at radius 1 is 0.652 bits per heavy atom. The Morgan fingerprint density at radius 2 is 1.26 bits per heavy atom. The highest BCUT2D eigenvalue weighted by Crippen LogP contribution is 2.33. The average Bonchev–Trinajstić information content (AvgIpc) is 2.56. The fourth-order valence-electron chi connectivity index (χ4n) is 2.56. The molecule has 1 nitrogen and oxygen atoms in total. The van der Waals surface area contributed by atoms with Gasteiger partial charge < -0.3 is 4.74 Å². The molecule has 0 aliphatic heterocycles. The highest BCUT2D eigenvalue weighted by atomic mass is 16.5. The molecule has 1 heteroatoms. The minimum Gasteiger partial charge on any atom is -0.457 e. The molecule has 23 heavy (non-hydrogen) atoms. The van der Waals surface area contributed by atoms with Gasteiger partial charge in [-0.3, -0.25) is 0 Å². The van der Waals surface area contributed by atoms with Gasteiger partial charge in [-0.25, -0.2) is 0 Å². The minimum absolute atomic E-state index is 0.153. The molecule has 0 N–H and O–H groups in total. The van der Waals surface area contributed by atoms with Crippen LogP contribution in [0.2, 0.25) is 0 Å². The van der Waals surface area contributed by atoms with Crippen LogP contribution in [0.25, 0.3) is 11.1 Å². The first-order valence-electron chi connectivity index (χ1n) is 7.97. The quantitative estimate of drug-likeness (QED) is 0.540. The van der Waals surface area contributed by atoms with Gasteiger partial charge in [0, 0.05) is 5.56 Å². The Hall–Kier alpha value is -2.54. The molecule has 0 heterocycles. The highest BCUT2D eigenvalue weighted by Gasteiger charge is 2.13. The predicted octanol–water partition coefficient (Wildman–Crippen LogP) is 6.44. The van der Waals surface area contributed by atoms with Crippen molar-refractivity contribution in [3.05, 3.63) is 84.4 Å². The van der Waals surface area contributed by atoms with E-state index in [1.807, 2.05) is 48.5 Å². The van der Waals surface area contributed by atoms with Gasteiger partial charge in [-0.2, -0.15) is 0 Å². The van der Waals surface area contributed by atoms with E-state index in [9.17, 15) is 0 Å². The molecule has 0 bridgehead atoms. The van der Waals surface area contributed by atoms with E-state index in [0.29, 0.717) is 0 Å². The molecule has 0 aliphatic carbocycles. The Kier molecular flexibility index (Phi) is 4.20. The lowest BCUT2D eigenvalue weighted by Gasteiger charge is -2.19. The fraction of sp³-hybridized carbons (Fsp3) is 0.182. The molecule has 3 aromatic carbocycles. The zero-order valence-electron chi connectivity index (χ0n) is 13.9. The van der Waals surface area contributed by atoms with Crippen molar-refractivity contribution in [1.82, 2.24) is 0 Å². The molecule has 0 aromatic heterocycles. The normalized spacial score (nSPS) is 11.3. The van der Waals surface area contributed by atoms with Crippen LogP contribution in [0.4, 0.5) is 0 Å². The van der Waals surface area contributed by atoms with Crippen molar-refractivity contribution < 1.29 is 4.74 Å². The summed E-state index contributed by atoms with van der Waals surface area (Å²) < 4.78 is 6.13. The summed E-state index contributed by atoms with van der Waals surface area (Å²) in [4.78, 5) is 0. The van der Waals surface area contributed by atoms with Crippen LogP contribution in [-0.2, 0) is 5.41 Å². The zero-order valence-corrected chi connectivity index (χ0v) is 13.9. The molecule has 0 amide bonds. The first-order valence-corrected chi connectivity index (χ1v) is 7.97. The van der Waals surface area contributed by atoms with Crippen molar-refractivity contribution in [3.8, 4) is 22.6 Å². The smallest absolute Gasteiger partial charge is 0.135 e. The minimum atomic E-state index is 0.153. The monoisotopic (exact) mass is 302 g/mol. The van der Waals surface area contributed by atoms with E-state index < -0.39 is 0 Å². The summed E-state index contributed by atoms with van der Waals surface area (Å²) in [5, 5.41) is 0. The van der Waals surface area contributed by atoms with Gasteiger partial charge in [-0.15, -0.1) is 0 Å². The first-order chi connectivity index (χ1) is 11.0. The standard InChI is InChI=1S/C22H22O/c1-22(2,3)18-13-15-19(16-14-18)23-21-12-8-7-11-20(21)17-9-5-4-6-10-17/h4-16H,1-3H3. The zero-order chi connectivity index (χ0) is 16.3. The number of para-hydroxylation sites is 1. The highest BCUT2D eigenvalue weighted by molar-refractivity contribution is 5.70. The van der Waals surface area contributed by atoms with E-state index in [0.717, 1.165) is 22.6 Å². The lowest BCUT2D eigenvalue weighted by Crippen LogP contribution is -2.10. The molecule has 3 rings (SSSR count). The molecule has 0 atom stereocenters. The summed E-state index contributed by atoms with van der Waals surface area (Å²) in [5.74, 6) is 1.74. The molecular formula is C22H22O. The van der Waals surface area contributed by atoms with Crippen LogP contribution in [0, 0.1) is 0 Å². The lowest BCUT2D eigenvalue weighted by molar-refractivity contribution is 0.483. The summed E-state index contributed by atoms with van der Waals surface area (Å²) >= 11 is 0. The largest absolute Gasteiger partial charge is 0.457 e. The second-order valence-corrected chi connectivity index (χ2v) is 6.74. The Bertz CT molecular complexity index is 765. The third-order valence-corrected chi connectivity index (χ3v) is 3.92. The van der Waals surface area contributed by atoms with Crippen LogP contribution in [0.3, 0.4) is 0 Å². The molecule has 0 aliphatic rings. The van der Waals surface area contributed by atoms with Crippen LogP contribution in [-0.4, -0.2) is 0 Å². The van der Waals surface area contributed by atoms with Gasteiger partial charge in [0.1, 0.15) is 11.5 Å². The summed E-state index contributed by atoms with van der Waals surface area (Å²) in [5.41, 5.74) is 3.73. The Morgan fingerprint density at radius 3 is 1.91 bits per heavy atom. The maximum absolute atomic E-state index is 6.13. The van der Waals surface area contributed by atoms with Gasteiger partial charge in [0.2, 0.25) is 0 Å². The van der Waals surface area contributed by atoms with Gasteiger partial charge in [-0.05, 0) is 34.7 Å². The molecule has 0 saturated carbocycles.